The second-order valence-corrected chi connectivity index (χ2v) is 8.26. The summed E-state index contributed by atoms with van der Waals surface area (Å²) in [7, 11) is 4.20. The lowest BCUT2D eigenvalue weighted by molar-refractivity contribution is 0.105. The number of hydrogen-bond acceptors (Lipinski definition) is 3. The molecule has 0 unspecified atom stereocenters. The summed E-state index contributed by atoms with van der Waals surface area (Å²) in [5.41, 5.74) is 2.94. The highest BCUT2D eigenvalue weighted by molar-refractivity contribution is 14.0. The third-order valence-corrected chi connectivity index (χ3v) is 5.53. The van der Waals surface area contributed by atoms with Crippen molar-refractivity contribution in [3.05, 3.63) is 35.4 Å². The summed E-state index contributed by atoms with van der Waals surface area (Å²) < 4.78 is 5.64. The number of hydrogen-bond donors (Lipinski definition) is 2. The Bertz CT molecular complexity index is 600. The van der Waals surface area contributed by atoms with Crippen LogP contribution in [0.15, 0.2) is 29.3 Å². The topological polar surface area (TPSA) is 48.9 Å². The average molecular weight is 517 g/mol. The van der Waals surface area contributed by atoms with E-state index >= 15 is 0 Å². The van der Waals surface area contributed by atoms with Gasteiger partial charge in [-0.3, -0.25) is 0 Å². The zero-order chi connectivity index (χ0) is 20.2. The van der Waals surface area contributed by atoms with E-state index in [1.165, 1.54) is 36.8 Å². The van der Waals surface area contributed by atoms with E-state index in [2.05, 4.69) is 67.7 Å². The van der Waals surface area contributed by atoms with Crippen molar-refractivity contribution in [3.8, 4) is 0 Å². The molecule has 1 aliphatic rings. The van der Waals surface area contributed by atoms with Gasteiger partial charge in [-0.2, -0.15) is 0 Å². The monoisotopic (exact) mass is 516 g/mol. The molecule has 0 bridgehead atoms. The fourth-order valence-corrected chi connectivity index (χ4v) is 4.05. The molecule has 6 heteroatoms. The third kappa shape index (κ3) is 9.66. The Morgan fingerprint density at radius 2 is 1.86 bits per heavy atom. The Hall–Kier alpha value is -0.860. The van der Waals surface area contributed by atoms with Crippen LogP contribution in [0.2, 0.25) is 0 Å². The summed E-state index contributed by atoms with van der Waals surface area (Å²) >= 11 is 0. The molecule has 0 spiro atoms. The van der Waals surface area contributed by atoms with Crippen LogP contribution in [0.3, 0.4) is 0 Å². The van der Waals surface area contributed by atoms with E-state index in [-0.39, 0.29) is 24.0 Å². The lowest BCUT2D eigenvalue weighted by Gasteiger charge is -2.30. The molecular weight excluding hydrogens is 475 g/mol. The van der Waals surface area contributed by atoms with Gasteiger partial charge in [0, 0.05) is 32.8 Å². The number of nitrogens with one attached hydrogen (secondary N) is 2. The van der Waals surface area contributed by atoms with Gasteiger partial charge in [-0.05, 0) is 63.7 Å². The highest BCUT2D eigenvalue weighted by Crippen LogP contribution is 2.40. The minimum atomic E-state index is 0. The molecule has 0 aliphatic heterocycles. The van der Waals surface area contributed by atoms with Crippen molar-refractivity contribution in [2.75, 3.05) is 40.4 Å². The van der Waals surface area contributed by atoms with Crippen LogP contribution in [0.25, 0.3) is 0 Å². The molecule has 0 aromatic heterocycles. The summed E-state index contributed by atoms with van der Waals surface area (Å²) in [5, 5.41) is 7.03. The van der Waals surface area contributed by atoms with Gasteiger partial charge in [0.25, 0.3) is 0 Å². The fourth-order valence-electron chi connectivity index (χ4n) is 4.05. The molecule has 29 heavy (non-hydrogen) atoms. The zero-order valence-electron chi connectivity index (χ0n) is 18.8. The molecule has 166 valence electrons. The highest BCUT2D eigenvalue weighted by Gasteiger charge is 2.33. The van der Waals surface area contributed by atoms with E-state index in [1.807, 2.05) is 0 Å². The van der Waals surface area contributed by atoms with Crippen LogP contribution in [0, 0.1) is 5.41 Å². The number of guanidine groups is 1. The summed E-state index contributed by atoms with van der Waals surface area (Å²) in [6.45, 7) is 9.37. The van der Waals surface area contributed by atoms with Gasteiger partial charge in [0.2, 0.25) is 0 Å². The molecule has 1 saturated carbocycles. The summed E-state index contributed by atoms with van der Waals surface area (Å²) in [5.74, 6) is 0.920. The van der Waals surface area contributed by atoms with Gasteiger partial charge in [-0.15, -0.1) is 24.0 Å². The van der Waals surface area contributed by atoms with Crippen LogP contribution >= 0.6 is 24.0 Å². The second kappa shape index (κ2) is 14.2. The number of rotatable bonds is 11. The van der Waals surface area contributed by atoms with Crippen LogP contribution in [0.1, 0.15) is 57.1 Å². The number of halogens is 1. The van der Waals surface area contributed by atoms with Crippen LogP contribution in [0.4, 0.5) is 0 Å². The molecule has 2 N–H and O–H groups in total. The van der Waals surface area contributed by atoms with Crippen molar-refractivity contribution in [1.29, 1.82) is 0 Å². The second-order valence-electron chi connectivity index (χ2n) is 8.26. The van der Waals surface area contributed by atoms with Crippen LogP contribution in [-0.4, -0.2) is 51.3 Å². The van der Waals surface area contributed by atoms with Crippen LogP contribution < -0.4 is 10.6 Å². The smallest absolute Gasteiger partial charge is 0.191 e. The van der Waals surface area contributed by atoms with E-state index in [0.717, 1.165) is 45.2 Å². The first-order valence-electron chi connectivity index (χ1n) is 10.9. The summed E-state index contributed by atoms with van der Waals surface area (Å²) in [6, 6.07) is 8.73. The van der Waals surface area contributed by atoms with Gasteiger partial charge in [0.1, 0.15) is 0 Å². The fraction of sp³-hybridized carbons (Fsp3) is 0.696. The van der Waals surface area contributed by atoms with E-state index in [0.29, 0.717) is 12.0 Å². The highest BCUT2D eigenvalue weighted by atomic mass is 127. The van der Waals surface area contributed by atoms with Gasteiger partial charge >= 0.3 is 0 Å². The molecule has 0 atom stereocenters. The molecule has 5 nitrogen and oxygen atoms in total. The Labute approximate surface area is 195 Å². The van der Waals surface area contributed by atoms with Crippen molar-refractivity contribution in [3.63, 3.8) is 0 Å². The largest absolute Gasteiger partial charge is 0.382 e. The number of ether oxygens (including phenoxy) is 1. The lowest BCUT2D eigenvalue weighted by atomic mass is 9.83. The molecule has 0 radical (unpaired) electrons. The lowest BCUT2D eigenvalue weighted by Crippen LogP contribution is -2.43. The minimum Gasteiger partial charge on any atom is -0.382 e. The van der Waals surface area contributed by atoms with E-state index in [9.17, 15) is 0 Å². The maximum atomic E-state index is 5.64. The summed E-state index contributed by atoms with van der Waals surface area (Å²) in [4.78, 5) is 7.03. The van der Waals surface area contributed by atoms with Gasteiger partial charge < -0.3 is 20.3 Å². The molecule has 1 aliphatic carbocycles. The van der Waals surface area contributed by atoms with E-state index < -0.39 is 0 Å². The minimum absolute atomic E-state index is 0. The standard InChI is InChI=1S/C23H40N4O.HI/c1-5-24-22(25-17-20-10-9-11-21(16-20)18-27(3)4)26-19-23(12-7-8-13-23)14-15-28-6-2;/h9-11,16H,5-8,12-15,17-19H2,1-4H3,(H2,24,25,26);1H. The van der Waals surface area contributed by atoms with Crippen LogP contribution in [-0.2, 0) is 17.8 Å². The maximum Gasteiger partial charge on any atom is 0.191 e. The molecule has 1 aromatic carbocycles. The normalized spacial score (nSPS) is 16.0. The average Bonchev–Trinajstić information content (AvgIpc) is 3.13. The molecular formula is C23H41IN4O. The Morgan fingerprint density at radius 3 is 2.52 bits per heavy atom. The maximum absolute atomic E-state index is 5.64. The van der Waals surface area contributed by atoms with Crippen LogP contribution in [0.5, 0.6) is 0 Å². The SMILES string of the molecule is CCNC(=NCc1cccc(CN(C)C)c1)NCC1(CCOCC)CCCC1.I. The van der Waals surface area contributed by atoms with Gasteiger partial charge in [-0.1, -0.05) is 37.1 Å². The molecule has 2 rings (SSSR count). The van der Waals surface area contributed by atoms with Crippen molar-refractivity contribution < 1.29 is 4.74 Å². The summed E-state index contributed by atoms with van der Waals surface area (Å²) in [6.07, 6.45) is 6.39. The van der Waals surface area contributed by atoms with Crippen molar-refractivity contribution in [2.45, 2.75) is 59.0 Å². The molecule has 1 aromatic rings. The van der Waals surface area contributed by atoms with Gasteiger partial charge in [-0.25, -0.2) is 4.99 Å². The number of nitrogens with zero attached hydrogens (tertiary/aromatic N) is 2. The van der Waals surface area contributed by atoms with Crippen molar-refractivity contribution >= 4 is 29.9 Å². The molecule has 0 amide bonds. The van der Waals surface area contributed by atoms with Crippen molar-refractivity contribution in [1.82, 2.24) is 15.5 Å². The predicted octanol–water partition coefficient (Wildman–Crippen LogP) is 4.41. The molecule has 1 fully saturated rings. The molecule has 0 saturated heterocycles. The molecule has 0 heterocycles. The quantitative estimate of drug-likeness (QED) is 0.198. The Morgan fingerprint density at radius 1 is 1.14 bits per heavy atom. The Kier molecular flexibility index (Phi) is 12.8. The predicted molar refractivity (Wildman–Crippen MR) is 134 cm³/mol. The van der Waals surface area contributed by atoms with E-state index in [1.54, 1.807) is 0 Å². The first-order chi connectivity index (χ1) is 13.6. The third-order valence-electron chi connectivity index (χ3n) is 5.53. The van der Waals surface area contributed by atoms with Gasteiger partial charge in [0.15, 0.2) is 5.96 Å². The number of aliphatic imine (C=N–C) groups is 1. The van der Waals surface area contributed by atoms with E-state index in [4.69, 9.17) is 9.73 Å². The zero-order valence-corrected chi connectivity index (χ0v) is 21.1. The van der Waals surface area contributed by atoms with Gasteiger partial charge in [0.05, 0.1) is 6.54 Å². The Balaban J connectivity index is 0.00000420. The first kappa shape index (κ1) is 26.2. The van der Waals surface area contributed by atoms with Crippen molar-refractivity contribution in [2.24, 2.45) is 10.4 Å². The number of benzene rings is 1. The first-order valence-corrected chi connectivity index (χ1v) is 10.9.